The van der Waals surface area contributed by atoms with Crippen LogP contribution < -0.4 is 10.6 Å². The van der Waals surface area contributed by atoms with Gasteiger partial charge in [0.2, 0.25) is 0 Å². The van der Waals surface area contributed by atoms with Gasteiger partial charge in [-0.15, -0.1) is 12.4 Å². The fraction of sp³-hybridized carbons (Fsp3) is 0.300. The maximum Gasteiger partial charge on any atom is 0.147 e. The quantitative estimate of drug-likeness (QED) is 0.548. The van der Waals surface area contributed by atoms with Gasteiger partial charge in [-0.3, -0.25) is 5.41 Å². The number of aliphatic hydroxyl groups excluding tert-OH is 1. The van der Waals surface area contributed by atoms with Gasteiger partial charge >= 0.3 is 0 Å². The molecule has 4 N–H and O–H groups in total. The monoisotopic (exact) mass is 247 g/mol. The molecule has 0 amide bonds. The van der Waals surface area contributed by atoms with Gasteiger partial charge in [0.25, 0.3) is 0 Å². The molecular formula is C10H15ClFN3O. The lowest BCUT2D eigenvalue weighted by atomic mass is 10.1. The molecule has 0 unspecified atom stereocenters. The molecule has 0 aromatic heterocycles. The minimum atomic E-state index is -0.446. The van der Waals surface area contributed by atoms with Crippen molar-refractivity contribution < 1.29 is 9.50 Å². The summed E-state index contributed by atoms with van der Waals surface area (Å²) in [5.74, 6) is -0.607. The van der Waals surface area contributed by atoms with Gasteiger partial charge in [-0.2, -0.15) is 0 Å². The van der Waals surface area contributed by atoms with Crippen LogP contribution in [0.1, 0.15) is 5.56 Å². The molecule has 0 spiro atoms. The van der Waals surface area contributed by atoms with Crippen LogP contribution in [0.5, 0.6) is 0 Å². The van der Waals surface area contributed by atoms with E-state index in [4.69, 9.17) is 16.2 Å². The summed E-state index contributed by atoms with van der Waals surface area (Å²) in [7, 11) is 1.68. The highest BCUT2D eigenvalue weighted by molar-refractivity contribution is 5.95. The number of likely N-dealkylation sites (N-methyl/N-ethyl adjacent to an activating group) is 1. The summed E-state index contributed by atoms with van der Waals surface area (Å²) in [4.78, 5) is 1.60. The van der Waals surface area contributed by atoms with E-state index in [1.54, 1.807) is 24.1 Å². The van der Waals surface area contributed by atoms with Crippen molar-refractivity contribution in [1.29, 1.82) is 5.41 Å². The largest absolute Gasteiger partial charge is 0.395 e. The second-order valence-corrected chi connectivity index (χ2v) is 3.23. The summed E-state index contributed by atoms with van der Waals surface area (Å²) in [5.41, 5.74) is 5.97. The SMILES string of the molecule is CN(CCO)c1ccc(C(=N)N)cc1F.Cl. The lowest BCUT2D eigenvalue weighted by Gasteiger charge is -2.18. The van der Waals surface area contributed by atoms with Gasteiger partial charge < -0.3 is 15.7 Å². The van der Waals surface area contributed by atoms with Gasteiger partial charge in [0, 0.05) is 19.2 Å². The minimum Gasteiger partial charge on any atom is -0.395 e. The number of nitrogens with zero attached hydrogens (tertiary/aromatic N) is 1. The van der Waals surface area contributed by atoms with Gasteiger partial charge in [0.1, 0.15) is 11.7 Å². The smallest absolute Gasteiger partial charge is 0.147 e. The van der Waals surface area contributed by atoms with E-state index in [0.717, 1.165) is 0 Å². The molecule has 0 aliphatic carbocycles. The highest BCUT2D eigenvalue weighted by Gasteiger charge is 2.08. The Morgan fingerprint density at radius 3 is 2.62 bits per heavy atom. The molecule has 16 heavy (non-hydrogen) atoms. The Morgan fingerprint density at radius 1 is 1.56 bits per heavy atom. The molecule has 0 radical (unpaired) electrons. The lowest BCUT2D eigenvalue weighted by molar-refractivity contribution is 0.304. The fourth-order valence-corrected chi connectivity index (χ4v) is 1.25. The Hall–Kier alpha value is -1.33. The van der Waals surface area contributed by atoms with Crippen LogP contribution in [0.2, 0.25) is 0 Å². The van der Waals surface area contributed by atoms with Crippen LogP contribution in [0.15, 0.2) is 18.2 Å². The number of hydrogen-bond donors (Lipinski definition) is 3. The first-order chi connectivity index (χ1) is 7.06. The number of nitrogens with one attached hydrogen (secondary N) is 1. The van der Waals surface area contributed by atoms with Gasteiger partial charge in [-0.05, 0) is 18.2 Å². The zero-order valence-electron chi connectivity index (χ0n) is 8.90. The Balaban J connectivity index is 0.00000225. The van der Waals surface area contributed by atoms with E-state index in [0.29, 0.717) is 17.8 Å². The normalized spacial score (nSPS) is 9.44. The Morgan fingerprint density at radius 2 is 2.19 bits per heavy atom. The van der Waals surface area contributed by atoms with E-state index in [1.165, 1.54) is 6.07 Å². The molecule has 0 aliphatic rings. The van der Waals surface area contributed by atoms with Crippen molar-refractivity contribution in [1.82, 2.24) is 0 Å². The van der Waals surface area contributed by atoms with Crippen molar-refractivity contribution in [2.75, 3.05) is 25.1 Å². The second kappa shape index (κ2) is 6.30. The third kappa shape index (κ3) is 3.36. The van der Waals surface area contributed by atoms with Crippen LogP contribution in [0.25, 0.3) is 0 Å². The van der Waals surface area contributed by atoms with E-state index in [2.05, 4.69) is 0 Å². The summed E-state index contributed by atoms with van der Waals surface area (Å²) in [6.45, 7) is 0.320. The Kier molecular flexibility index (Phi) is 5.77. The molecule has 1 rings (SSSR count). The molecular weight excluding hydrogens is 233 g/mol. The Labute approximate surface area is 99.8 Å². The molecule has 0 aliphatic heterocycles. The summed E-state index contributed by atoms with van der Waals surface area (Å²) in [5, 5.41) is 15.9. The number of amidine groups is 1. The number of nitrogens with two attached hydrogens (primary N) is 1. The average molecular weight is 248 g/mol. The number of aliphatic hydroxyl groups is 1. The first kappa shape index (κ1) is 14.7. The molecule has 0 atom stereocenters. The summed E-state index contributed by atoms with van der Waals surface area (Å²) < 4.78 is 13.5. The van der Waals surface area contributed by atoms with Gasteiger partial charge in [-0.25, -0.2) is 4.39 Å². The van der Waals surface area contributed by atoms with Crippen molar-refractivity contribution in [3.63, 3.8) is 0 Å². The topological polar surface area (TPSA) is 73.3 Å². The molecule has 0 bridgehead atoms. The molecule has 6 heteroatoms. The molecule has 1 aromatic rings. The highest BCUT2D eigenvalue weighted by Crippen LogP contribution is 2.18. The number of halogens is 2. The van der Waals surface area contributed by atoms with E-state index < -0.39 is 5.82 Å². The van der Waals surface area contributed by atoms with Gasteiger partial charge in [0.05, 0.1) is 12.3 Å². The summed E-state index contributed by atoms with van der Waals surface area (Å²) >= 11 is 0. The summed E-state index contributed by atoms with van der Waals surface area (Å²) in [6.07, 6.45) is 0. The molecule has 0 saturated heterocycles. The molecule has 0 saturated carbocycles. The van der Waals surface area contributed by atoms with Crippen molar-refractivity contribution in [2.45, 2.75) is 0 Å². The van der Waals surface area contributed by atoms with Gasteiger partial charge in [-0.1, -0.05) is 0 Å². The second-order valence-electron chi connectivity index (χ2n) is 3.23. The zero-order chi connectivity index (χ0) is 11.4. The number of hydrogen-bond acceptors (Lipinski definition) is 3. The fourth-order valence-electron chi connectivity index (χ4n) is 1.25. The first-order valence-corrected chi connectivity index (χ1v) is 4.52. The Bertz CT molecular complexity index is 373. The van der Waals surface area contributed by atoms with Crippen LogP contribution in [-0.4, -0.2) is 31.1 Å². The predicted octanol–water partition coefficient (Wildman–Crippen LogP) is 0.960. The highest BCUT2D eigenvalue weighted by atomic mass is 35.5. The molecule has 1 aromatic carbocycles. The van der Waals surface area contributed by atoms with Gasteiger partial charge in [0.15, 0.2) is 0 Å². The minimum absolute atomic E-state index is 0. The van der Waals surface area contributed by atoms with Crippen molar-refractivity contribution >= 4 is 23.9 Å². The first-order valence-electron chi connectivity index (χ1n) is 4.52. The third-order valence-electron chi connectivity index (χ3n) is 2.11. The van der Waals surface area contributed by atoms with Crippen LogP contribution in [-0.2, 0) is 0 Å². The van der Waals surface area contributed by atoms with E-state index in [9.17, 15) is 4.39 Å². The lowest BCUT2D eigenvalue weighted by Crippen LogP contribution is -2.22. The number of benzene rings is 1. The maximum atomic E-state index is 13.5. The van der Waals surface area contributed by atoms with Crippen LogP contribution in [0, 0.1) is 11.2 Å². The van der Waals surface area contributed by atoms with E-state index >= 15 is 0 Å². The molecule has 4 nitrogen and oxygen atoms in total. The molecule has 0 heterocycles. The van der Waals surface area contributed by atoms with Crippen LogP contribution >= 0.6 is 12.4 Å². The molecule has 90 valence electrons. The third-order valence-corrected chi connectivity index (χ3v) is 2.11. The number of rotatable bonds is 4. The summed E-state index contributed by atoms with van der Waals surface area (Å²) in [6, 6.07) is 4.34. The molecule has 0 fully saturated rings. The van der Waals surface area contributed by atoms with E-state index in [-0.39, 0.29) is 24.8 Å². The average Bonchev–Trinajstić information content (AvgIpc) is 2.17. The van der Waals surface area contributed by atoms with Crippen molar-refractivity contribution in [3.05, 3.63) is 29.6 Å². The van der Waals surface area contributed by atoms with E-state index in [1.807, 2.05) is 0 Å². The van der Waals surface area contributed by atoms with Crippen molar-refractivity contribution in [3.8, 4) is 0 Å². The number of anilines is 1. The standard InChI is InChI=1S/C10H14FN3O.ClH/c1-14(4-5-15)9-3-2-7(10(12)13)6-8(9)11;/h2-3,6,15H,4-5H2,1H3,(H3,12,13);1H. The number of nitrogen functional groups attached to an aromatic ring is 1. The zero-order valence-corrected chi connectivity index (χ0v) is 9.72. The maximum absolute atomic E-state index is 13.5. The van der Waals surface area contributed by atoms with Crippen molar-refractivity contribution in [2.24, 2.45) is 5.73 Å². The van der Waals surface area contributed by atoms with Crippen LogP contribution in [0.3, 0.4) is 0 Å². The van der Waals surface area contributed by atoms with Crippen LogP contribution in [0.4, 0.5) is 10.1 Å². The predicted molar refractivity (Wildman–Crippen MR) is 65.0 cm³/mol.